The number of ether oxygens (including phenoxy) is 1. The molecule has 1 heterocycles. The lowest BCUT2D eigenvalue weighted by Crippen LogP contribution is -2.32. The Kier molecular flexibility index (Phi) is 4.59. The number of Topliss-reactive ketones (excluding diaryl/α,β-unsaturated/α-hetero) is 1. The van der Waals surface area contributed by atoms with Crippen molar-refractivity contribution in [1.29, 1.82) is 0 Å². The van der Waals surface area contributed by atoms with E-state index in [1.54, 1.807) is 12.1 Å². The minimum absolute atomic E-state index is 0.0491. The number of nitrogens with one attached hydrogen (secondary N) is 1. The van der Waals surface area contributed by atoms with E-state index in [-0.39, 0.29) is 35.7 Å². The van der Waals surface area contributed by atoms with Crippen LogP contribution in [-0.2, 0) is 21.2 Å². The largest absolute Gasteiger partial charge is 0.492 e. The molecule has 0 saturated heterocycles. The number of aryl methyl sites for hydroxylation is 1. The second kappa shape index (κ2) is 6.68. The first-order chi connectivity index (χ1) is 11.8. The lowest BCUT2D eigenvalue weighted by Gasteiger charge is -2.17. The Labute approximate surface area is 145 Å². The fourth-order valence-corrected chi connectivity index (χ4v) is 3.55. The van der Waals surface area contributed by atoms with Crippen molar-refractivity contribution >= 4 is 21.7 Å². The maximum Gasteiger partial charge on any atom is 0.264 e. The second-order valence-corrected chi connectivity index (χ2v) is 7.55. The highest BCUT2D eigenvalue weighted by Crippen LogP contribution is 2.27. The number of ketones is 1. The molecule has 0 unspecified atom stereocenters. The number of fused-ring (bicyclic) bond motifs is 1. The summed E-state index contributed by atoms with van der Waals surface area (Å²) >= 11 is 0. The third-order valence-electron chi connectivity index (χ3n) is 3.88. The number of benzene rings is 2. The van der Waals surface area contributed by atoms with Gasteiger partial charge >= 0.3 is 0 Å². The summed E-state index contributed by atoms with van der Waals surface area (Å²) in [4.78, 5) is 23.8. The van der Waals surface area contributed by atoms with Crippen LogP contribution in [0, 0.1) is 6.92 Å². The first-order valence-electron chi connectivity index (χ1n) is 7.76. The van der Waals surface area contributed by atoms with Crippen molar-refractivity contribution in [2.24, 2.45) is 0 Å². The third-order valence-corrected chi connectivity index (χ3v) is 5.25. The minimum atomic E-state index is -4.05. The third kappa shape index (κ3) is 3.88. The number of hydrogen-bond acceptors (Lipinski definition) is 5. The van der Waals surface area contributed by atoms with Gasteiger partial charge in [-0.1, -0.05) is 29.8 Å². The summed E-state index contributed by atoms with van der Waals surface area (Å²) in [6, 6.07) is 11.3. The van der Waals surface area contributed by atoms with Crippen molar-refractivity contribution in [2.45, 2.75) is 24.7 Å². The zero-order valence-corrected chi connectivity index (χ0v) is 14.4. The van der Waals surface area contributed by atoms with Gasteiger partial charge in [0.05, 0.1) is 23.5 Å². The Morgan fingerprint density at radius 2 is 1.88 bits per heavy atom. The van der Waals surface area contributed by atoms with Crippen molar-refractivity contribution in [3.8, 4) is 5.75 Å². The summed E-state index contributed by atoms with van der Waals surface area (Å²) in [6.45, 7) is 2.21. The van der Waals surface area contributed by atoms with E-state index in [4.69, 9.17) is 4.74 Å². The van der Waals surface area contributed by atoms with Crippen LogP contribution in [0.2, 0.25) is 0 Å². The standard InChI is InChI=1S/C18H17NO5S/c1-12-2-4-13(5-3-12)10-18(21)19-25(22,23)14-6-7-17-15(11-14)16(20)8-9-24-17/h2-7,11H,8-10H2,1H3,(H,19,21). The Balaban J connectivity index is 1.77. The molecule has 1 amide bonds. The van der Waals surface area contributed by atoms with Crippen LogP contribution in [0.4, 0.5) is 0 Å². The Bertz CT molecular complexity index is 932. The molecule has 0 bridgehead atoms. The van der Waals surface area contributed by atoms with E-state index >= 15 is 0 Å². The maximum absolute atomic E-state index is 12.4. The quantitative estimate of drug-likeness (QED) is 0.902. The molecule has 0 radical (unpaired) electrons. The van der Waals surface area contributed by atoms with Gasteiger partial charge < -0.3 is 4.74 Å². The van der Waals surface area contributed by atoms with E-state index in [2.05, 4.69) is 0 Å². The van der Waals surface area contributed by atoms with Gasteiger partial charge in [0.15, 0.2) is 5.78 Å². The normalized spacial score (nSPS) is 13.7. The van der Waals surface area contributed by atoms with Gasteiger partial charge in [0.2, 0.25) is 5.91 Å². The molecule has 2 aromatic rings. The van der Waals surface area contributed by atoms with Crippen LogP contribution in [0.25, 0.3) is 0 Å². The molecule has 0 aliphatic carbocycles. The monoisotopic (exact) mass is 359 g/mol. The van der Waals surface area contributed by atoms with Gasteiger partial charge in [0.1, 0.15) is 5.75 Å². The van der Waals surface area contributed by atoms with Crippen LogP contribution in [0.1, 0.15) is 27.9 Å². The van der Waals surface area contributed by atoms with Gasteiger partial charge in [-0.2, -0.15) is 0 Å². The molecular weight excluding hydrogens is 342 g/mol. The van der Waals surface area contributed by atoms with Gasteiger partial charge in [0.25, 0.3) is 10.0 Å². The molecule has 25 heavy (non-hydrogen) atoms. The fourth-order valence-electron chi connectivity index (χ4n) is 2.54. The van der Waals surface area contributed by atoms with E-state index < -0.39 is 15.9 Å². The van der Waals surface area contributed by atoms with Gasteiger partial charge in [-0.25, -0.2) is 13.1 Å². The number of carbonyl (C=O) groups excluding carboxylic acids is 2. The molecular formula is C18H17NO5S. The van der Waals surface area contributed by atoms with Gasteiger partial charge in [-0.05, 0) is 30.7 Å². The average Bonchev–Trinajstić information content (AvgIpc) is 2.56. The van der Waals surface area contributed by atoms with Crippen molar-refractivity contribution < 1.29 is 22.7 Å². The van der Waals surface area contributed by atoms with Gasteiger partial charge in [-0.15, -0.1) is 0 Å². The highest BCUT2D eigenvalue weighted by atomic mass is 32.2. The minimum Gasteiger partial charge on any atom is -0.492 e. The smallest absolute Gasteiger partial charge is 0.264 e. The summed E-state index contributed by atoms with van der Waals surface area (Å²) < 4.78 is 32.2. The average molecular weight is 359 g/mol. The highest BCUT2D eigenvalue weighted by Gasteiger charge is 2.24. The molecule has 1 aliphatic rings. The van der Waals surface area contributed by atoms with Crippen LogP contribution in [0.5, 0.6) is 5.75 Å². The molecule has 0 saturated carbocycles. The van der Waals surface area contributed by atoms with Crippen LogP contribution in [-0.4, -0.2) is 26.7 Å². The lowest BCUT2D eigenvalue weighted by atomic mass is 10.1. The molecule has 0 atom stereocenters. The maximum atomic E-state index is 12.4. The fraction of sp³-hybridized carbons (Fsp3) is 0.222. The lowest BCUT2D eigenvalue weighted by molar-refractivity contribution is -0.118. The van der Waals surface area contributed by atoms with Crippen LogP contribution in [0.3, 0.4) is 0 Å². The summed E-state index contributed by atoms with van der Waals surface area (Å²) in [5.74, 6) is -0.449. The Morgan fingerprint density at radius 1 is 1.16 bits per heavy atom. The number of amides is 1. The van der Waals surface area contributed by atoms with Crippen LogP contribution < -0.4 is 9.46 Å². The van der Waals surface area contributed by atoms with Crippen molar-refractivity contribution in [1.82, 2.24) is 4.72 Å². The highest BCUT2D eigenvalue weighted by molar-refractivity contribution is 7.90. The van der Waals surface area contributed by atoms with Gasteiger partial charge in [0, 0.05) is 6.42 Å². The molecule has 6 nitrogen and oxygen atoms in total. The predicted octanol–water partition coefficient (Wildman–Crippen LogP) is 2.01. The van der Waals surface area contributed by atoms with Crippen LogP contribution in [0.15, 0.2) is 47.4 Å². The number of carbonyl (C=O) groups is 2. The van der Waals surface area contributed by atoms with Crippen molar-refractivity contribution in [3.05, 3.63) is 59.2 Å². The number of hydrogen-bond donors (Lipinski definition) is 1. The van der Waals surface area contributed by atoms with E-state index in [0.29, 0.717) is 11.3 Å². The SMILES string of the molecule is Cc1ccc(CC(=O)NS(=O)(=O)c2ccc3c(c2)C(=O)CCO3)cc1. The molecule has 0 spiro atoms. The van der Waals surface area contributed by atoms with Gasteiger partial charge in [-0.3, -0.25) is 9.59 Å². The molecule has 1 aliphatic heterocycles. The van der Waals surface area contributed by atoms with Crippen molar-refractivity contribution in [3.63, 3.8) is 0 Å². The first kappa shape index (κ1) is 17.2. The summed E-state index contributed by atoms with van der Waals surface area (Å²) in [5, 5.41) is 0. The summed E-state index contributed by atoms with van der Waals surface area (Å²) in [7, 11) is -4.05. The second-order valence-electron chi connectivity index (χ2n) is 5.87. The molecule has 0 fully saturated rings. The molecule has 0 aromatic heterocycles. The molecule has 7 heteroatoms. The Hall–Kier alpha value is -2.67. The van der Waals surface area contributed by atoms with E-state index in [1.165, 1.54) is 18.2 Å². The molecule has 130 valence electrons. The molecule has 1 N–H and O–H groups in total. The first-order valence-corrected chi connectivity index (χ1v) is 9.25. The predicted molar refractivity (Wildman–Crippen MR) is 91.1 cm³/mol. The number of rotatable bonds is 4. The van der Waals surface area contributed by atoms with Crippen LogP contribution >= 0.6 is 0 Å². The number of sulfonamides is 1. The summed E-state index contributed by atoms with van der Waals surface area (Å²) in [5.41, 5.74) is 1.99. The van der Waals surface area contributed by atoms with E-state index in [0.717, 1.165) is 5.56 Å². The Morgan fingerprint density at radius 3 is 2.60 bits per heavy atom. The van der Waals surface area contributed by atoms with Crippen molar-refractivity contribution in [2.75, 3.05) is 6.61 Å². The topological polar surface area (TPSA) is 89.5 Å². The molecule has 3 rings (SSSR count). The van der Waals surface area contributed by atoms with E-state index in [1.807, 2.05) is 23.8 Å². The molecule has 2 aromatic carbocycles. The summed E-state index contributed by atoms with van der Waals surface area (Å²) in [6.07, 6.45) is 0.156. The zero-order chi connectivity index (χ0) is 18.0. The zero-order valence-electron chi connectivity index (χ0n) is 13.6. The van der Waals surface area contributed by atoms with E-state index in [9.17, 15) is 18.0 Å².